The number of benzene rings is 1. The Morgan fingerprint density at radius 3 is 2.73 bits per heavy atom. The Bertz CT molecular complexity index is 1090. The lowest BCUT2D eigenvalue weighted by atomic mass is 10.0. The molecule has 0 radical (unpaired) electrons. The molecule has 33 heavy (non-hydrogen) atoms. The number of pyridine rings is 1. The molecular formula is C23H25FIN5O2S. The summed E-state index contributed by atoms with van der Waals surface area (Å²) in [6.45, 7) is 4.60. The van der Waals surface area contributed by atoms with Gasteiger partial charge in [-0.1, -0.05) is 18.2 Å². The van der Waals surface area contributed by atoms with Crippen molar-refractivity contribution in [2.24, 2.45) is 0 Å². The van der Waals surface area contributed by atoms with Crippen LogP contribution in [0.5, 0.6) is 0 Å². The number of nitrogens with one attached hydrogen (secondary N) is 1. The van der Waals surface area contributed by atoms with Gasteiger partial charge in [0, 0.05) is 51.9 Å². The van der Waals surface area contributed by atoms with E-state index >= 15 is 0 Å². The lowest BCUT2D eigenvalue weighted by Crippen LogP contribution is -2.51. The zero-order valence-electron chi connectivity index (χ0n) is 18.0. The largest absolute Gasteiger partial charge is 0.352 e. The third-order valence-corrected chi connectivity index (χ3v) is 8.07. The van der Waals surface area contributed by atoms with Crippen LogP contribution in [0.3, 0.4) is 0 Å². The van der Waals surface area contributed by atoms with E-state index in [0.29, 0.717) is 28.8 Å². The Balaban J connectivity index is 1.21. The van der Waals surface area contributed by atoms with Crippen molar-refractivity contribution in [2.45, 2.75) is 37.3 Å². The number of piperidine rings is 1. The molecule has 2 aromatic rings. The van der Waals surface area contributed by atoms with Gasteiger partial charge in [-0.2, -0.15) is 12.6 Å². The Hall–Kier alpha value is -1.76. The molecule has 1 N–H and O–H groups in total. The van der Waals surface area contributed by atoms with Crippen LogP contribution in [0.15, 0.2) is 30.5 Å². The number of piperazine rings is 1. The molecule has 0 saturated carbocycles. The molecule has 3 aliphatic rings. The van der Waals surface area contributed by atoms with E-state index in [4.69, 9.17) is 12.6 Å². The number of imide groups is 1. The molecule has 1 aromatic heterocycles. The maximum Gasteiger partial charge on any atom is 0.243 e. The van der Waals surface area contributed by atoms with Gasteiger partial charge in [-0.05, 0) is 51.8 Å². The van der Waals surface area contributed by atoms with Crippen molar-refractivity contribution in [3.8, 4) is 0 Å². The van der Waals surface area contributed by atoms with E-state index in [1.54, 1.807) is 12.3 Å². The van der Waals surface area contributed by atoms with E-state index in [1.165, 1.54) is 11.1 Å². The minimum Gasteiger partial charge on any atom is -0.352 e. The van der Waals surface area contributed by atoms with Crippen LogP contribution in [0.1, 0.15) is 34.9 Å². The molecule has 174 valence electrons. The van der Waals surface area contributed by atoms with Gasteiger partial charge in [0.25, 0.3) is 0 Å². The molecule has 2 unspecified atom stereocenters. The fourth-order valence-corrected chi connectivity index (χ4v) is 5.79. The molecule has 0 aliphatic carbocycles. The van der Waals surface area contributed by atoms with Crippen LogP contribution in [-0.4, -0.2) is 58.8 Å². The van der Waals surface area contributed by atoms with Crippen LogP contribution in [0, 0.1) is 9.39 Å². The molecule has 0 bridgehead atoms. The summed E-state index contributed by atoms with van der Waals surface area (Å²) < 4.78 is 15.0. The predicted molar refractivity (Wildman–Crippen MR) is 134 cm³/mol. The Morgan fingerprint density at radius 2 is 1.97 bits per heavy atom. The van der Waals surface area contributed by atoms with Crippen molar-refractivity contribution in [3.05, 3.63) is 56.5 Å². The average Bonchev–Trinajstić information content (AvgIpc) is 3.12. The van der Waals surface area contributed by atoms with Crippen molar-refractivity contribution in [2.75, 3.05) is 31.1 Å². The number of hydrogen-bond donors (Lipinski definition) is 2. The summed E-state index contributed by atoms with van der Waals surface area (Å²) in [7, 11) is 0. The van der Waals surface area contributed by atoms with Gasteiger partial charge < -0.3 is 4.90 Å². The zero-order valence-corrected chi connectivity index (χ0v) is 21.1. The van der Waals surface area contributed by atoms with Crippen LogP contribution < -0.4 is 10.2 Å². The lowest BCUT2D eigenvalue weighted by Gasteiger charge is -2.35. The first-order valence-electron chi connectivity index (χ1n) is 11.1. The molecular weight excluding hydrogens is 556 g/mol. The highest BCUT2D eigenvalue weighted by Gasteiger charge is 2.39. The predicted octanol–water partition coefficient (Wildman–Crippen LogP) is 2.70. The van der Waals surface area contributed by atoms with Gasteiger partial charge in [-0.25, -0.2) is 9.37 Å². The molecule has 4 heterocycles. The summed E-state index contributed by atoms with van der Waals surface area (Å²) in [4.78, 5) is 34.5. The third-order valence-electron chi connectivity index (χ3n) is 6.66. The molecule has 5 rings (SSSR count). The smallest absolute Gasteiger partial charge is 0.243 e. The van der Waals surface area contributed by atoms with Crippen LogP contribution in [0.2, 0.25) is 0 Å². The number of carbonyl (C=O) groups is 2. The van der Waals surface area contributed by atoms with Gasteiger partial charge in [0.1, 0.15) is 0 Å². The maximum atomic E-state index is 14.4. The Morgan fingerprint density at radius 1 is 1.18 bits per heavy atom. The summed E-state index contributed by atoms with van der Waals surface area (Å²) in [6, 6.07) is 7.79. The first-order chi connectivity index (χ1) is 15.9. The van der Waals surface area contributed by atoms with E-state index in [9.17, 15) is 14.0 Å². The summed E-state index contributed by atoms with van der Waals surface area (Å²) in [5.41, 5.74) is 3.52. The quantitative estimate of drug-likeness (QED) is 0.329. The number of carbonyl (C=O) groups excluding carboxylic acids is 2. The number of amides is 2. The highest BCUT2D eigenvalue weighted by molar-refractivity contribution is 14.1. The number of fused-ring (bicyclic) bond motifs is 1. The van der Waals surface area contributed by atoms with Gasteiger partial charge in [-0.3, -0.25) is 24.7 Å². The van der Waals surface area contributed by atoms with Crippen molar-refractivity contribution in [1.29, 1.82) is 0 Å². The third kappa shape index (κ3) is 4.62. The van der Waals surface area contributed by atoms with Crippen molar-refractivity contribution < 1.29 is 14.0 Å². The molecule has 2 atom stereocenters. The maximum absolute atomic E-state index is 14.4. The second-order valence-corrected chi connectivity index (χ2v) is 10.4. The molecule has 2 fully saturated rings. The van der Waals surface area contributed by atoms with Crippen molar-refractivity contribution in [3.63, 3.8) is 0 Å². The van der Waals surface area contributed by atoms with Crippen LogP contribution in [0.4, 0.5) is 10.2 Å². The van der Waals surface area contributed by atoms with E-state index in [-0.39, 0.29) is 29.0 Å². The topological polar surface area (TPSA) is 68.8 Å². The van der Waals surface area contributed by atoms with E-state index in [1.807, 2.05) is 27.5 Å². The summed E-state index contributed by atoms with van der Waals surface area (Å²) in [6.07, 6.45) is 2.55. The second kappa shape index (κ2) is 9.47. The molecule has 2 saturated heterocycles. The second-order valence-electron chi connectivity index (χ2n) is 8.74. The molecule has 3 aliphatic heterocycles. The first kappa shape index (κ1) is 23.0. The van der Waals surface area contributed by atoms with E-state index in [0.717, 1.165) is 38.3 Å². The number of halogens is 2. The van der Waals surface area contributed by atoms with Crippen LogP contribution in [-0.2, 0) is 22.7 Å². The standard InChI is InChI=1S/C23H25FIN5O2S/c24-20-17(25)5-6-26-21(20)29-9-7-28(8-10-29)12-14-1-2-16-15(11-14)13-30(23(16)33)18-3-4-19(31)27-22(18)32/h1-2,5-6,11,18,23,33H,3-4,7-10,12-13H2,(H,27,31,32). The first-order valence-corrected chi connectivity index (χ1v) is 12.7. The zero-order chi connectivity index (χ0) is 23.1. The highest BCUT2D eigenvalue weighted by atomic mass is 127. The SMILES string of the molecule is O=C1CCC(N2Cc3cc(CN4CCN(c5nccc(I)c5F)CC4)ccc3C2S)C(=O)N1. The van der Waals surface area contributed by atoms with Gasteiger partial charge in [0.05, 0.1) is 15.0 Å². The van der Waals surface area contributed by atoms with Crippen molar-refractivity contribution >= 4 is 52.9 Å². The van der Waals surface area contributed by atoms with Crippen LogP contribution in [0.25, 0.3) is 0 Å². The van der Waals surface area contributed by atoms with Gasteiger partial charge >= 0.3 is 0 Å². The summed E-state index contributed by atoms with van der Waals surface area (Å²) in [5, 5.41) is 2.29. The molecule has 0 spiro atoms. The summed E-state index contributed by atoms with van der Waals surface area (Å²) >= 11 is 6.77. The number of rotatable bonds is 4. The fourth-order valence-electron chi connectivity index (χ4n) is 4.89. The number of anilines is 1. The van der Waals surface area contributed by atoms with E-state index < -0.39 is 0 Å². The molecule has 1 aromatic carbocycles. The minimum absolute atomic E-state index is 0.155. The van der Waals surface area contributed by atoms with Crippen molar-refractivity contribution in [1.82, 2.24) is 20.1 Å². The van der Waals surface area contributed by atoms with Gasteiger partial charge in [-0.15, -0.1) is 0 Å². The fraction of sp³-hybridized carbons (Fsp3) is 0.435. The Kier molecular flexibility index (Phi) is 6.60. The number of nitrogens with zero attached hydrogens (tertiary/aromatic N) is 4. The van der Waals surface area contributed by atoms with Gasteiger partial charge in [0.2, 0.25) is 11.8 Å². The van der Waals surface area contributed by atoms with E-state index in [2.05, 4.69) is 38.3 Å². The molecule has 2 amide bonds. The molecule has 7 nitrogen and oxygen atoms in total. The highest BCUT2D eigenvalue weighted by Crippen LogP contribution is 2.39. The monoisotopic (exact) mass is 581 g/mol. The average molecular weight is 581 g/mol. The molecule has 10 heteroatoms. The lowest BCUT2D eigenvalue weighted by molar-refractivity contribution is -0.137. The Labute approximate surface area is 211 Å². The van der Waals surface area contributed by atoms with Crippen LogP contribution >= 0.6 is 35.2 Å². The number of hydrogen-bond acceptors (Lipinski definition) is 7. The number of aromatic nitrogens is 1. The number of thiol groups is 1. The normalized spacial score (nSPS) is 24.2. The summed E-state index contributed by atoms with van der Waals surface area (Å²) in [5.74, 6) is -0.235. The van der Waals surface area contributed by atoms with Gasteiger partial charge in [0.15, 0.2) is 11.6 Å². The minimum atomic E-state index is -0.329.